The van der Waals surface area contributed by atoms with Crippen LogP contribution in [0.2, 0.25) is 0 Å². The number of benzene rings is 2. The SMILES string of the molecule is CC(C)(C)[C@H](NC(=O)c1nn(Cc2ccc(F)cc2)c2ccccc12)C(=O)N1C[C@@H]2C[C@H]1CN2CC(O)CO. The molecule has 2 amide bonds. The molecule has 2 aliphatic rings. The number of halogens is 1. The van der Waals surface area contributed by atoms with Crippen molar-refractivity contribution in [3.63, 3.8) is 0 Å². The molecule has 3 N–H and O–H groups in total. The Bertz CT molecular complexity index is 1350. The standard InChI is InChI=1S/C29H36FN5O4/c1-29(2,3)26(28(39)34-15-20-12-21(34)14-33(20)16-22(37)17-36)31-27(38)25-23-6-4-5-7-24(23)35(32-25)13-18-8-10-19(30)11-9-18/h4-11,20-22,26,36-37H,12-17H2,1-3H3,(H,31,38)/t20-,21-,22?,26+/m0/s1. The molecular formula is C29H36FN5O4. The van der Waals surface area contributed by atoms with Crippen LogP contribution < -0.4 is 5.32 Å². The number of piperazine rings is 1. The number of amides is 2. The molecule has 39 heavy (non-hydrogen) atoms. The van der Waals surface area contributed by atoms with Crippen molar-refractivity contribution < 1.29 is 24.2 Å². The number of aliphatic hydroxyl groups is 2. The smallest absolute Gasteiger partial charge is 0.273 e. The van der Waals surface area contributed by atoms with Gasteiger partial charge in [0.2, 0.25) is 5.91 Å². The van der Waals surface area contributed by atoms with Gasteiger partial charge >= 0.3 is 0 Å². The van der Waals surface area contributed by atoms with Gasteiger partial charge in [0.15, 0.2) is 5.69 Å². The molecular weight excluding hydrogens is 501 g/mol. The summed E-state index contributed by atoms with van der Waals surface area (Å²) in [5, 5.41) is 27.3. The van der Waals surface area contributed by atoms with Gasteiger partial charge in [0, 0.05) is 37.1 Å². The van der Waals surface area contributed by atoms with E-state index in [4.69, 9.17) is 0 Å². The van der Waals surface area contributed by atoms with Gasteiger partial charge in [0.1, 0.15) is 11.9 Å². The Morgan fingerprint density at radius 1 is 1.10 bits per heavy atom. The molecule has 2 fully saturated rings. The van der Waals surface area contributed by atoms with Gasteiger partial charge in [-0.25, -0.2) is 4.39 Å². The van der Waals surface area contributed by atoms with Gasteiger partial charge in [-0.15, -0.1) is 0 Å². The van der Waals surface area contributed by atoms with Crippen LogP contribution in [0.15, 0.2) is 48.5 Å². The zero-order valence-electron chi connectivity index (χ0n) is 22.5. The monoisotopic (exact) mass is 537 g/mol. The summed E-state index contributed by atoms with van der Waals surface area (Å²) >= 11 is 0. The summed E-state index contributed by atoms with van der Waals surface area (Å²) in [5.41, 5.74) is 1.31. The van der Waals surface area contributed by atoms with Crippen molar-refractivity contribution >= 4 is 22.7 Å². The minimum atomic E-state index is -0.798. The van der Waals surface area contributed by atoms with E-state index in [2.05, 4.69) is 15.3 Å². The molecule has 208 valence electrons. The number of aromatic nitrogens is 2. The van der Waals surface area contributed by atoms with Gasteiger partial charge < -0.3 is 20.4 Å². The maximum Gasteiger partial charge on any atom is 0.273 e. The maximum atomic E-state index is 13.8. The van der Waals surface area contributed by atoms with E-state index in [0.29, 0.717) is 31.6 Å². The van der Waals surface area contributed by atoms with Crippen molar-refractivity contribution in [1.29, 1.82) is 0 Å². The van der Waals surface area contributed by atoms with Crippen molar-refractivity contribution in [2.24, 2.45) is 5.41 Å². The maximum absolute atomic E-state index is 13.8. The number of likely N-dealkylation sites (tertiary alicyclic amines) is 2. The highest BCUT2D eigenvalue weighted by Gasteiger charge is 2.48. The molecule has 9 nitrogen and oxygen atoms in total. The van der Waals surface area contributed by atoms with E-state index in [9.17, 15) is 24.2 Å². The average molecular weight is 538 g/mol. The highest BCUT2D eigenvalue weighted by atomic mass is 19.1. The number of rotatable bonds is 8. The Labute approximate surface area is 227 Å². The Morgan fingerprint density at radius 3 is 2.46 bits per heavy atom. The number of fused-ring (bicyclic) bond motifs is 3. The predicted octanol–water partition coefficient (Wildman–Crippen LogP) is 2.01. The molecule has 10 heteroatoms. The Hall–Kier alpha value is -3.34. The first-order valence-electron chi connectivity index (χ1n) is 13.4. The first-order chi connectivity index (χ1) is 18.5. The number of para-hydroxylation sites is 1. The molecule has 2 aromatic carbocycles. The summed E-state index contributed by atoms with van der Waals surface area (Å²) in [5.74, 6) is -0.862. The normalized spacial score (nSPS) is 20.9. The third kappa shape index (κ3) is 5.54. The van der Waals surface area contributed by atoms with Crippen LogP contribution >= 0.6 is 0 Å². The van der Waals surface area contributed by atoms with Crippen LogP contribution in [0, 0.1) is 11.2 Å². The third-order valence-electron chi connectivity index (χ3n) is 7.80. The molecule has 3 heterocycles. The molecule has 0 aliphatic carbocycles. The number of carbonyl (C=O) groups is 2. The number of β-amino-alcohol motifs (C(OH)–C–C–N with tert-alkyl or cyclic N) is 1. The third-order valence-corrected chi connectivity index (χ3v) is 7.80. The van der Waals surface area contributed by atoms with E-state index in [0.717, 1.165) is 17.5 Å². The summed E-state index contributed by atoms with van der Waals surface area (Å²) in [7, 11) is 0. The van der Waals surface area contributed by atoms with Gasteiger partial charge in [0.25, 0.3) is 5.91 Å². The molecule has 4 atom stereocenters. The second kappa shape index (κ2) is 10.7. The Kier molecular flexibility index (Phi) is 7.45. The summed E-state index contributed by atoms with van der Waals surface area (Å²) in [6.07, 6.45) is 0.0143. The van der Waals surface area contributed by atoms with Gasteiger partial charge in [-0.2, -0.15) is 5.10 Å². The van der Waals surface area contributed by atoms with Crippen LogP contribution in [0.3, 0.4) is 0 Å². The molecule has 3 aromatic rings. The average Bonchev–Trinajstić information content (AvgIpc) is 3.60. The number of carbonyl (C=O) groups excluding carboxylic acids is 2. The molecule has 2 aliphatic heterocycles. The first kappa shape index (κ1) is 27.2. The second-order valence-electron chi connectivity index (χ2n) is 11.7. The van der Waals surface area contributed by atoms with Crippen molar-refractivity contribution in [3.8, 4) is 0 Å². The van der Waals surface area contributed by atoms with E-state index < -0.39 is 23.5 Å². The molecule has 5 rings (SSSR count). The first-order valence-corrected chi connectivity index (χ1v) is 13.4. The second-order valence-corrected chi connectivity index (χ2v) is 11.7. The van der Waals surface area contributed by atoms with Crippen molar-refractivity contribution in [2.75, 3.05) is 26.2 Å². The Morgan fingerprint density at radius 2 is 1.82 bits per heavy atom. The van der Waals surface area contributed by atoms with Crippen molar-refractivity contribution in [1.82, 2.24) is 24.9 Å². The van der Waals surface area contributed by atoms with Crippen LogP contribution in [-0.2, 0) is 11.3 Å². The fourth-order valence-corrected chi connectivity index (χ4v) is 5.76. The lowest BCUT2D eigenvalue weighted by Gasteiger charge is -2.39. The summed E-state index contributed by atoms with van der Waals surface area (Å²) in [6, 6.07) is 13.0. The molecule has 0 saturated carbocycles. The zero-order valence-corrected chi connectivity index (χ0v) is 22.5. The number of hydrogen-bond acceptors (Lipinski definition) is 6. The number of nitrogens with zero attached hydrogens (tertiary/aromatic N) is 4. The van der Waals surface area contributed by atoms with Crippen molar-refractivity contribution in [3.05, 3.63) is 65.6 Å². The van der Waals surface area contributed by atoms with Crippen LogP contribution in [0.5, 0.6) is 0 Å². The largest absolute Gasteiger partial charge is 0.394 e. The minimum absolute atomic E-state index is 0.00546. The quantitative estimate of drug-likeness (QED) is 0.406. The fraction of sp³-hybridized carbons (Fsp3) is 0.483. The molecule has 2 saturated heterocycles. The van der Waals surface area contributed by atoms with Crippen LogP contribution in [0.25, 0.3) is 10.9 Å². The fourth-order valence-electron chi connectivity index (χ4n) is 5.76. The van der Waals surface area contributed by atoms with Gasteiger partial charge in [0.05, 0.1) is 24.8 Å². The topological polar surface area (TPSA) is 111 Å². The lowest BCUT2D eigenvalue weighted by molar-refractivity contribution is -0.138. The minimum Gasteiger partial charge on any atom is -0.394 e. The number of hydrogen-bond donors (Lipinski definition) is 3. The number of nitrogens with one attached hydrogen (secondary N) is 1. The van der Waals surface area contributed by atoms with Gasteiger partial charge in [-0.3, -0.25) is 19.2 Å². The predicted molar refractivity (Wildman–Crippen MR) is 145 cm³/mol. The van der Waals surface area contributed by atoms with Gasteiger partial charge in [-0.05, 0) is 35.6 Å². The van der Waals surface area contributed by atoms with E-state index in [-0.39, 0.29) is 36.1 Å². The molecule has 1 aromatic heterocycles. The van der Waals surface area contributed by atoms with Crippen molar-refractivity contribution in [2.45, 2.75) is 58.0 Å². The summed E-state index contributed by atoms with van der Waals surface area (Å²) < 4.78 is 15.1. The molecule has 1 unspecified atom stereocenters. The number of aliphatic hydroxyl groups excluding tert-OH is 2. The van der Waals surface area contributed by atoms with E-state index in [1.807, 2.05) is 49.9 Å². The Balaban J connectivity index is 1.35. The zero-order chi connectivity index (χ0) is 27.9. The molecule has 0 spiro atoms. The highest BCUT2D eigenvalue weighted by molar-refractivity contribution is 6.06. The van der Waals surface area contributed by atoms with Crippen LogP contribution in [0.4, 0.5) is 4.39 Å². The lowest BCUT2D eigenvalue weighted by Crippen LogP contribution is -2.59. The van der Waals surface area contributed by atoms with E-state index >= 15 is 0 Å². The summed E-state index contributed by atoms with van der Waals surface area (Å²) in [6.45, 7) is 7.41. The summed E-state index contributed by atoms with van der Waals surface area (Å²) in [4.78, 5) is 31.4. The van der Waals surface area contributed by atoms with Crippen LogP contribution in [-0.4, -0.2) is 92.1 Å². The molecule has 2 bridgehead atoms. The van der Waals surface area contributed by atoms with E-state index in [1.165, 1.54) is 12.1 Å². The van der Waals surface area contributed by atoms with E-state index in [1.54, 1.807) is 16.8 Å². The van der Waals surface area contributed by atoms with Crippen LogP contribution in [0.1, 0.15) is 43.2 Å². The lowest BCUT2D eigenvalue weighted by atomic mass is 9.85. The molecule has 0 radical (unpaired) electrons. The highest BCUT2D eigenvalue weighted by Crippen LogP contribution is 2.33. The van der Waals surface area contributed by atoms with Gasteiger partial charge in [-0.1, -0.05) is 51.1 Å².